The average Bonchev–Trinajstić information content (AvgIpc) is 2.22. The van der Waals surface area contributed by atoms with E-state index in [4.69, 9.17) is 10.9 Å². The molecule has 0 saturated carbocycles. The SMILES string of the molecule is CC(C)OC(=O)NS(=O)(=O)N(C)CCC(N)=NO. The highest BCUT2D eigenvalue weighted by molar-refractivity contribution is 7.87. The fourth-order valence-corrected chi connectivity index (χ4v) is 1.61. The fourth-order valence-electron chi connectivity index (χ4n) is 0.864. The molecule has 0 aromatic carbocycles. The summed E-state index contributed by atoms with van der Waals surface area (Å²) in [5.41, 5.74) is 5.20. The largest absolute Gasteiger partial charge is 0.446 e. The summed E-state index contributed by atoms with van der Waals surface area (Å²) >= 11 is 0. The van der Waals surface area contributed by atoms with Gasteiger partial charge in [0, 0.05) is 20.0 Å². The van der Waals surface area contributed by atoms with E-state index in [-0.39, 0.29) is 18.8 Å². The quantitative estimate of drug-likeness (QED) is 0.258. The Morgan fingerprint density at radius 1 is 1.56 bits per heavy atom. The first-order valence-electron chi connectivity index (χ1n) is 5.10. The summed E-state index contributed by atoms with van der Waals surface area (Å²) in [5.74, 6) is -0.109. The van der Waals surface area contributed by atoms with Crippen LogP contribution in [0, 0.1) is 0 Å². The van der Waals surface area contributed by atoms with Crippen LogP contribution in [0.5, 0.6) is 0 Å². The van der Waals surface area contributed by atoms with Gasteiger partial charge in [-0.15, -0.1) is 0 Å². The van der Waals surface area contributed by atoms with E-state index in [2.05, 4.69) is 9.89 Å². The van der Waals surface area contributed by atoms with E-state index in [1.54, 1.807) is 18.6 Å². The maximum atomic E-state index is 11.6. The van der Waals surface area contributed by atoms with Gasteiger partial charge in [-0.1, -0.05) is 5.16 Å². The Labute approximate surface area is 106 Å². The predicted molar refractivity (Wildman–Crippen MR) is 64.3 cm³/mol. The minimum atomic E-state index is -3.99. The van der Waals surface area contributed by atoms with Crippen molar-refractivity contribution in [1.29, 1.82) is 0 Å². The molecule has 0 radical (unpaired) electrons. The Hall–Kier alpha value is -1.55. The topological polar surface area (TPSA) is 134 Å². The predicted octanol–water partition coefficient (Wildman–Crippen LogP) is -0.566. The Bertz CT molecular complexity index is 406. The molecule has 0 saturated heterocycles. The molecule has 0 heterocycles. The van der Waals surface area contributed by atoms with E-state index in [0.717, 1.165) is 4.31 Å². The number of amidine groups is 1. The maximum Gasteiger partial charge on any atom is 0.422 e. The number of hydrogen-bond acceptors (Lipinski definition) is 6. The van der Waals surface area contributed by atoms with Gasteiger partial charge in [0.25, 0.3) is 0 Å². The van der Waals surface area contributed by atoms with Gasteiger partial charge in [-0.25, -0.2) is 9.52 Å². The third-order valence-corrected chi connectivity index (χ3v) is 3.20. The minimum absolute atomic E-state index is 0.0349. The zero-order valence-corrected chi connectivity index (χ0v) is 11.3. The fraction of sp³-hybridized carbons (Fsp3) is 0.750. The molecule has 9 nitrogen and oxygen atoms in total. The lowest BCUT2D eigenvalue weighted by Gasteiger charge is -2.17. The van der Waals surface area contributed by atoms with Crippen molar-refractivity contribution < 1.29 is 23.2 Å². The molecular formula is C8H18N4O5S. The number of oxime groups is 1. The Morgan fingerprint density at radius 3 is 2.56 bits per heavy atom. The molecule has 4 N–H and O–H groups in total. The van der Waals surface area contributed by atoms with Crippen LogP contribution in [-0.2, 0) is 14.9 Å². The summed E-state index contributed by atoms with van der Waals surface area (Å²) in [6, 6.07) is 0. The van der Waals surface area contributed by atoms with E-state index < -0.39 is 22.4 Å². The molecule has 0 aliphatic carbocycles. The first kappa shape index (κ1) is 16.4. The van der Waals surface area contributed by atoms with Crippen LogP contribution in [0.4, 0.5) is 4.79 Å². The standard InChI is InChI=1S/C8H18N4O5S/c1-6(2)17-8(13)11-18(15,16)12(3)5-4-7(9)10-14/h6,14H,4-5H2,1-3H3,(H2,9,10)(H,11,13). The van der Waals surface area contributed by atoms with Crippen LogP contribution in [-0.4, -0.2) is 49.6 Å². The highest BCUT2D eigenvalue weighted by Crippen LogP contribution is 1.98. The summed E-state index contributed by atoms with van der Waals surface area (Å²) in [6.07, 6.45) is -1.45. The van der Waals surface area contributed by atoms with Crippen molar-refractivity contribution in [3.63, 3.8) is 0 Å². The molecule has 0 fully saturated rings. The van der Waals surface area contributed by atoms with Crippen LogP contribution in [0.2, 0.25) is 0 Å². The lowest BCUT2D eigenvalue weighted by atomic mass is 10.4. The summed E-state index contributed by atoms with van der Waals surface area (Å²) in [4.78, 5) is 11.1. The van der Waals surface area contributed by atoms with E-state index in [1.807, 2.05) is 0 Å². The summed E-state index contributed by atoms with van der Waals surface area (Å²) in [6.45, 7) is 3.14. The van der Waals surface area contributed by atoms with Gasteiger partial charge in [-0.2, -0.15) is 12.7 Å². The zero-order chi connectivity index (χ0) is 14.3. The third-order valence-electron chi connectivity index (χ3n) is 1.78. The van der Waals surface area contributed by atoms with Gasteiger partial charge in [-0.05, 0) is 13.8 Å². The summed E-state index contributed by atoms with van der Waals surface area (Å²) in [5, 5.41) is 11.0. The number of amides is 1. The molecule has 0 rings (SSSR count). The van der Waals surface area contributed by atoms with Crippen LogP contribution in [0.25, 0.3) is 0 Å². The lowest BCUT2D eigenvalue weighted by molar-refractivity contribution is 0.121. The molecule has 0 aromatic rings. The third kappa shape index (κ3) is 6.25. The van der Waals surface area contributed by atoms with Gasteiger partial charge in [-0.3, -0.25) is 0 Å². The lowest BCUT2D eigenvalue weighted by Crippen LogP contribution is -2.43. The average molecular weight is 282 g/mol. The smallest absolute Gasteiger partial charge is 0.422 e. The van der Waals surface area contributed by atoms with Gasteiger partial charge in [0.2, 0.25) is 0 Å². The van der Waals surface area contributed by atoms with Gasteiger partial charge in [0.05, 0.1) is 6.10 Å². The Kier molecular flexibility index (Phi) is 6.41. The van der Waals surface area contributed by atoms with Crippen molar-refractivity contribution in [3.05, 3.63) is 0 Å². The molecule has 10 heteroatoms. The van der Waals surface area contributed by atoms with E-state index in [0.29, 0.717) is 0 Å². The molecule has 0 spiro atoms. The van der Waals surface area contributed by atoms with Crippen LogP contribution in [0.3, 0.4) is 0 Å². The summed E-state index contributed by atoms with van der Waals surface area (Å²) < 4.78 is 30.4. The molecule has 0 unspecified atom stereocenters. The van der Waals surface area contributed by atoms with Crippen molar-refractivity contribution in [2.75, 3.05) is 13.6 Å². The Morgan fingerprint density at radius 2 is 2.11 bits per heavy atom. The molecule has 0 aliphatic rings. The monoisotopic (exact) mass is 282 g/mol. The molecule has 0 aromatic heterocycles. The van der Waals surface area contributed by atoms with Crippen molar-refractivity contribution in [3.8, 4) is 0 Å². The van der Waals surface area contributed by atoms with Crippen molar-refractivity contribution in [2.45, 2.75) is 26.4 Å². The normalized spacial score (nSPS) is 12.8. The van der Waals surface area contributed by atoms with E-state index in [9.17, 15) is 13.2 Å². The first-order chi connectivity index (χ1) is 8.19. The minimum Gasteiger partial charge on any atom is -0.446 e. The van der Waals surface area contributed by atoms with Crippen LogP contribution < -0.4 is 10.5 Å². The second-order valence-electron chi connectivity index (χ2n) is 3.72. The molecule has 1 amide bonds. The van der Waals surface area contributed by atoms with Crippen molar-refractivity contribution in [2.24, 2.45) is 10.9 Å². The van der Waals surface area contributed by atoms with E-state index in [1.165, 1.54) is 7.05 Å². The molecule has 106 valence electrons. The highest BCUT2D eigenvalue weighted by Gasteiger charge is 2.21. The van der Waals surface area contributed by atoms with Crippen LogP contribution >= 0.6 is 0 Å². The van der Waals surface area contributed by atoms with Crippen LogP contribution in [0.15, 0.2) is 5.16 Å². The Balaban J connectivity index is 4.40. The number of nitrogens with one attached hydrogen (secondary N) is 1. The van der Waals surface area contributed by atoms with Gasteiger partial charge in [0.15, 0.2) is 0 Å². The van der Waals surface area contributed by atoms with Gasteiger partial charge >= 0.3 is 16.3 Å². The molecule has 18 heavy (non-hydrogen) atoms. The van der Waals surface area contributed by atoms with Gasteiger partial charge in [0.1, 0.15) is 5.84 Å². The number of ether oxygens (including phenoxy) is 1. The molecule has 0 aliphatic heterocycles. The number of hydrogen-bond donors (Lipinski definition) is 3. The second kappa shape index (κ2) is 7.01. The summed E-state index contributed by atoms with van der Waals surface area (Å²) in [7, 11) is -2.75. The van der Waals surface area contributed by atoms with Crippen molar-refractivity contribution in [1.82, 2.24) is 9.03 Å². The second-order valence-corrected chi connectivity index (χ2v) is 5.50. The van der Waals surface area contributed by atoms with Crippen molar-refractivity contribution >= 4 is 22.1 Å². The number of carbonyl (C=O) groups is 1. The number of nitrogens with zero attached hydrogens (tertiary/aromatic N) is 2. The first-order valence-corrected chi connectivity index (χ1v) is 6.54. The highest BCUT2D eigenvalue weighted by atomic mass is 32.2. The molecule has 0 bridgehead atoms. The number of rotatable bonds is 6. The number of carbonyl (C=O) groups excluding carboxylic acids is 1. The maximum absolute atomic E-state index is 11.6. The van der Waals surface area contributed by atoms with Gasteiger partial charge < -0.3 is 15.7 Å². The molecule has 0 atom stereocenters. The zero-order valence-electron chi connectivity index (χ0n) is 10.5. The number of nitrogens with two attached hydrogens (primary N) is 1. The van der Waals surface area contributed by atoms with Crippen LogP contribution in [0.1, 0.15) is 20.3 Å². The molecular weight excluding hydrogens is 264 g/mol. The van der Waals surface area contributed by atoms with E-state index >= 15 is 0 Å².